The van der Waals surface area contributed by atoms with Crippen LogP contribution < -0.4 is 0 Å². The maximum atomic E-state index is 6.59. The van der Waals surface area contributed by atoms with E-state index in [2.05, 4.69) is 96.9 Å². The molecule has 0 saturated carbocycles. The van der Waals surface area contributed by atoms with E-state index in [0.717, 1.165) is 0 Å². The summed E-state index contributed by atoms with van der Waals surface area (Å²) in [6.45, 7) is 16.9. The largest absolute Gasteiger partial charge is 0.458 e. The van der Waals surface area contributed by atoms with Crippen molar-refractivity contribution in [3.05, 3.63) is 48.6 Å². The molecular weight excluding hydrogens is 335 g/mol. The van der Waals surface area contributed by atoms with E-state index in [9.17, 15) is 0 Å². The molecule has 2 aliphatic carbocycles. The second-order valence-corrected chi connectivity index (χ2v) is 16.4. The van der Waals surface area contributed by atoms with Crippen LogP contribution in [0.25, 0.3) is 0 Å². The van der Waals surface area contributed by atoms with E-state index in [-0.39, 0.29) is 18.1 Å². The molecule has 2 radical (unpaired) electrons. The third kappa shape index (κ3) is 4.08. The van der Waals surface area contributed by atoms with E-state index in [4.69, 9.17) is 11.5 Å². The van der Waals surface area contributed by atoms with Gasteiger partial charge in [0.1, 0.15) is 0 Å². The number of rotatable bonds is 5. The predicted octanol–water partition coefficient (Wildman–Crippen LogP) is 6.38. The Bertz CT molecular complexity index is 516. The molecule has 0 amide bonds. The maximum Gasteiger partial charge on any atom is 0.458 e. The summed E-state index contributed by atoms with van der Waals surface area (Å²) in [6, 6.07) is 0. The van der Waals surface area contributed by atoms with Gasteiger partial charge in [0.25, 0.3) is 0 Å². The number of hydrogen-bond acceptors (Lipinski definition) is 0. The Balaban J connectivity index is 2.42. The molecule has 122 valence electrons. The van der Waals surface area contributed by atoms with E-state index in [1.165, 1.54) is 0 Å². The first kappa shape index (κ1) is 19.6. The quantitative estimate of drug-likeness (QED) is 0.393. The van der Waals surface area contributed by atoms with Crippen LogP contribution >= 0.6 is 26.3 Å². The summed E-state index contributed by atoms with van der Waals surface area (Å²) in [5, 5.41) is 0.428. The van der Waals surface area contributed by atoms with Gasteiger partial charge in [0.2, 0.25) is 0 Å². The van der Waals surface area contributed by atoms with Crippen molar-refractivity contribution >= 4 is 39.4 Å². The molecule has 0 saturated heterocycles. The molecule has 0 heterocycles. The van der Waals surface area contributed by atoms with Gasteiger partial charge in [0, 0.05) is 10.8 Å². The first-order valence-corrected chi connectivity index (χ1v) is 12.2. The summed E-state index contributed by atoms with van der Waals surface area (Å²) in [6.07, 6.45) is 20.2. The van der Waals surface area contributed by atoms with Gasteiger partial charge in [-0.2, -0.15) is 0 Å². The van der Waals surface area contributed by atoms with Gasteiger partial charge in [-0.25, -0.2) is 0 Å². The average Bonchev–Trinajstić information content (AvgIpc) is 3.10. The molecule has 0 aromatic heterocycles. The van der Waals surface area contributed by atoms with Crippen molar-refractivity contribution in [2.45, 2.75) is 63.2 Å². The average molecular weight is 363 g/mol. The lowest BCUT2D eigenvalue weighted by atomic mass is 10.2. The lowest BCUT2D eigenvalue weighted by molar-refractivity contribution is 0.781. The standard InChI is InChI=1S/C18H28B2ClP2/c1-17(2,3)22(15-11-7-8-12-15)20-23(19-21,18(4,5)6)16-13-9-10-14-16/h7-16H,1-6H3/q+1. The third-order valence-corrected chi connectivity index (χ3v) is 14.7. The van der Waals surface area contributed by atoms with E-state index in [1.54, 1.807) is 0 Å². The normalized spacial score (nSPS) is 22.6. The van der Waals surface area contributed by atoms with Gasteiger partial charge in [-0.15, -0.1) is 11.5 Å². The lowest BCUT2D eigenvalue weighted by Gasteiger charge is -2.45. The van der Waals surface area contributed by atoms with Crippen LogP contribution in [0.5, 0.6) is 0 Å². The molecule has 2 rings (SSSR count). The predicted molar refractivity (Wildman–Crippen MR) is 115 cm³/mol. The molecule has 0 nitrogen and oxygen atoms in total. The third-order valence-electron chi connectivity index (χ3n) is 4.68. The Kier molecular flexibility index (Phi) is 6.15. The Hall–Kier alpha value is 0.240. The highest BCUT2D eigenvalue weighted by atomic mass is 35.5. The van der Waals surface area contributed by atoms with Crippen molar-refractivity contribution in [3.63, 3.8) is 0 Å². The molecule has 0 N–H and O–H groups in total. The fourth-order valence-electron chi connectivity index (χ4n) is 3.15. The van der Waals surface area contributed by atoms with Crippen LogP contribution in [0, 0.1) is 0 Å². The molecule has 0 spiro atoms. The van der Waals surface area contributed by atoms with E-state index in [1.807, 2.05) is 6.41 Å². The zero-order valence-corrected chi connectivity index (χ0v) is 17.7. The Morgan fingerprint density at radius 2 is 1.35 bits per heavy atom. The van der Waals surface area contributed by atoms with E-state index >= 15 is 0 Å². The smallest absolute Gasteiger partial charge is 0.141 e. The molecule has 2 aliphatic rings. The minimum Gasteiger partial charge on any atom is -0.141 e. The molecular formula is C18H28B2ClP2+. The highest BCUT2D eigenvalue weighted by Crippen LogP contribution is 2.77. The van der Waals surface area contributed by atoms with Gasteiger partial charge in [0.05, 0.1) is 5.66 Å². The monoisotopic (exact) mass is 363 g/mol. The van der Waals surface area contributed by atoms with Crippen molar-refractivity contribution in [2.24, 2.45) is 0 Å². The zero-order valence-electron chi connectivity index (χ0n) is 15.2. The molecule has 2 atom stereocenters. The van der Waals surface area contributed by atoms with Crippen LogP contribution in [0.15, 0.2) is 48.6 Å². The SMILES string of the molecule is CC(C)(C)P([B][P+]([B]Cl)(C1C=CC=C1)C(C)(C)C)C1C=CC=C1. The summed E-state index contributed by atoms with van der Waals surface area (Å²) in [7, 11) is -1.92. The second kappa shape index (κ2) is 7.23. The van der Waals surface area contributed by atoms with E-state index < -0.39 is 7.02 Å². The highest BCUT2D eigenvalue weighted by molar-refractivity contribution is 8.37. The minimum atomic E-state index is -1.61. The maximum absolute atomic E-state index is 6.59. The summed E-state index contributed by atoms with van der Waals surface area (Å²) < 4.78 is 0. The van der Waals surface area contributed by atoms with Crippen LogP contribution in [0.2, 0.25) is 0 Å². The van der Waals surface area contributed by atoms with Crippen LogP contribution in [0.3, 0.4) is 0 Å². The van der Waals surface area contributed by atoms with Crippen LogP contribution in [0.1, 0.15) is 41.5 Å². The van der Waals surface area contributed by atoms with Crippen molar-refractivity contribution in [1.29, 1.82) is 0 Å². The lowest BCUT2D eigenvalue weighted by Crippen LogP contribution is -2.35. The van der Waals surface area contributed by atoms with Crippen molar-refractivity contribution in [1.82, 2.24) is 0 Å². The van der Waals surface area contributed by atoms with E-state index in [0.29, 0.717) is 11.3 Å². The summed E-state index contributed by atoms with van der Waals surface area (Å²) >= 11 is 6.59. The fraction of sp³-hybridized carbons (Fsp3) is 0.556. The highest BCUT2D eigenvalue weighted by Gasteiger charge is 2.58. The number of hydrogen-bond donors (Lipinski definition) is 0. The van der Waals surface area contributed by atoms with Gasteiger partial charge in [-0.05, 0) is 45.1 Å². The molecule has 0 aromatic rings. The molecule has 0 bridgehead atoms. The first-order chi connectivity index (χ1) is 10.6. The van der Waals surface area contributed by atoms with Crippen molar-refractivity contribution < 1.29 is 0 Å². The summed E-state index contributed by atoms with van der Waals surface area (Å²) in [5.74, 6) is 0. The summed E-state index contributed by atoms with van der Waals surface area (Å²) in [4.78, 5) is 0. The molecule has 23 heavy (non-hydrogen) atoms. The zero-order chi connectivity index (χ0) is 17.3. The van der Waals surface area contributed by atoms with Crippen LogP contribution in [0.4, 0.5) is 0 Å². The molecule has 2 unspecified atom stereocenters. The Morgan fingerprint density at radius 3 is 1.74 bits per heavy atom. The van der Waals surface area contributed by atoms with Gasteiger partial charge >= 0.3 is 13.1 Å². The number of allylic oxidation sites excluding steroid dienone is 8. The molecule has 0 fully saturated rings. The molecule has 0 aromatic carbocycles. The first-order valence-electron chi connectivity index (χ1n) is 8.29. The summed E-state index contributed by atoms with van der Waals surface area (Å²) in [5.41, 5.74) is 0.986. The minimum absolute atomic E-state index is 0.163. The van der Waals surface area contributed by atoms with Gasteiger partial charge in [0.15, 0.2) is 0 Å². The Labute approximate surface area is 151 Å². The molecule has 5 heteroatoms. The Morgan fingerprint density at radius 1 is 0.870 bits per heavy atom. The van der Waals surface area contributed by atoms with Crippen molar-refractivity contribution in [2.75, 3.05) is 0 Å². The number of halogens is 1. The fourth-order valence-corrected chi connectivity index (χ4v) is 14.3. The second-order valence-electron chi connectivity index (χ2n) is 8.32. The topological polar surface area (TPSA) is 0 Å². The van der Waals surface area contributed by atoms with Crippen molar-refractivity contribution in [3.8, 4) is 0 Å². The van der Waals surface area contributed by atoms with Gasteiger partial charge in [-0.3, -0.25) is 0 Å². The molecule has 0 aliphatic heterocycles. The van der Waals surface area contributed by atoms with Gasteiger partial charge in [-0.1, -0.05) is 65.0 Å². The van der Waals surface area contributed by atoms with Gasteiger partial charge < -0.3 is 0 Å². The van der Waals surface area contributed by atoms with Crippen LogP contribution in [-0.4, -0.2) is 34.8 Å². The van der Waals surface area contributed by atoms with Crippen LogP contribution in [-0.2, 0) is 0 Å².